The Morgan fingerprint density at radius 1 is 1.36 bits per heavy atom. The molecule has 3 aromatic heterocycles. The molecule has 4 aromatic rings. The molecular formula is C18H15N3O3S. The summed E-state index contributed by atoms with van der Waals surface area (Å²) in [4.78, 5) is 31.5. The van der Waals surface area contributed by atoms with Crippen molar-refractivity contribution in [3.8, 4) is 0 Å². The molecule has 6 nitrogen and oxygen atoms in total. The Kier molecular flexibility index (Phi) is 3.65. The first kappa shape index (κ1) is 15.6. The molecule has 0 aliphatic heterocycles. The number of carbonyl (C=O) groups is 1. The fourth-order valence-electron chi connectivity index (χ4n) is 2.74. The lowest BCUT2D eigenvalue weighted by molar-refractivity contribution is 0.0725. The van der Waals surface area contributed by atoms with E-state index in [0.29, 0.717) is 10.7 Å². The third kappa shape index (κ3) is 2.53. The van der Waals surface area contributed by atoms with Crippen LogP contribution in [-0.4, -0.2) is 27.2 Å². The van der Waals surface area contributed by atoms with E-state index >= 15 is 0 Å². The molecule has 0 aliphatic rings. The predicted molar refractivity (Wildman–Crippen MR) is 96.1 cm³/mol. The highest BCUT2D eigenvalue weighted by molar-refractivity contribution is 7.15. The maximum Gasteiger partial charge on any atom is 0.271 e. The Balaban J connectivity index is 1.68. The van der Waals surface area contributed by atoms with Gasteiger partial charge in [-0.2, -0.15) is 0 Å². The number of hydrogen-bond acceptors (Lipinski definition) is 5. The molecule has 1 amide bonds. The minimum atomic E-state index is -0.383. The number of benzene rings is 1. The van der Waals surface area contributed by atoms with Gasteiger partial charge in [-0.25, -0.2) is 4.98 Å². The second-order valence-corrected chi connectivity index (χ2v) is 6.68. The van der Waals surface area contributed by atoms with Crippen molar-refractivity contribution in [3.05, 3.63) is 69.8 Å². The van der Waals surface area contributed by atoms with Crippen molar-refractivity contribution in [2.24, 2.45) is 0 Å². The number of fused-ring (bicyclic) bond motifs is 2. The Hall–Kier alpha value is -2.93. The average Bonchev–Trinajstić information content (AvgIpc) is 3.27. The molecule has 126 valence electrons. The molecule has 7 heteroatoms. The molecule has 0 saturated carbocycles. The molecule has 3 heterocycles. The highest BCUT2D eigenvalue weighted by Crippen LogP contribution is 2.27. The van der Waals surface area contributed by atoms with Crippen LogP contribution >= 0.6 is 11.3 Å². The van der Waals surface area contributed by atoms with Gasteiger partial charge in [0, 0.05) is 30.2 Å². The summed E-state index contributed by atoms with van der Waals surface area (Å²) in [7, 11) is 1.65. The van der Waals surface area contributed by atoms with Crippen LogP contribution in [0.4, 0.5) is 0 Å². The van der Waals surface area contributed by atoms with E-state index in [9.17, 15) is 9.59 Å². The molecule has 1 unspecified atom stereocenters. The van der Waals surface area contributed by atoms with E-state index in [-0.39, 0.29) is 23.1 Å². The minimum Gasteiger partial charge on any atom is -0.459 e. The molecule has 0 saturated heterocycles. The normalized spacial score (nSPS) is 12.6. The number of furan rings is 1. The average molecular weight is 353 g/mol. The van der Waals surface area contributed by atoms with Crippen LogP contribution in [0.15, 0.2) is 57.3 Å². The molecule has 0 N–H and O–H groups in total. The fraction of sp³-hybridized carbons (Fsp3) is 0.167. The molecule has 4 rings (SSSR count). The van der Waals surface area contributed by atoms with Gasteiger partial charge in [0.05, 0.1) is 6.04 Å². The van der Waals surface area contributed by atoms with Gasteiger partial charge in [-0.15, -0.1) is 11.3 Å². The van der Waals surface area contributed by atoms with Crippen molar-refractivity contribution in [1.82, 2.24) is 14.3 Å². The number of amides is 1. The van der Waals surface area contributed by atoms with Gasteiger partial charge in [0.1, 0.15) is 16.9 Å². The van der Waals surface area contributed by atoms with Crippen LogP contribution in [0.25, 0.3) is 15.9 Å². The zero-order chi connectivity index (χ0) is 17.6. The first-order chi connectivity index (χ1) is 12.1. The van der Waals surface area contributed by atoms with Gasteiger partial charge in [-0.1, -0.05) is 18.2 Å². The number of carbonyl (C=O) groups excluding carboxylic acids is 1. The maximum atomic E-state index is 12.8. The molecular weight excluding hydrogens is 338 g/mol. The Bertz CT molecular complexity index is 1110. The molecule has 0 spiro atoms. The van der Waals surface area contributed by atoms with Gasteiger partial charge in [-0.05, 0) is 19.1 Å². The van der Waals surface area contributed by atoms with Crippen LogP contribution in [0, 0.1) is 0 Å². The summed E-state index contributed by atoms with van der Waals surface area (Å²) in [5.74, 6) is 0.285. The SMILES string of the molecule is CC(c1cc2ccccc2o1)N(C)C(=O)c1cnc2sccn2c1=O. The lowest BCUT2D eigenvalue weighted by Crippen LogP contribution is -2.34. The third-order valence-electron chi connectivity index (χ3n) is 4.33. The summed E-state index contributed by atoms with van der Waals surface area (Å²) in [6, 6.07) is 9.27. The van der Waals surface area contributed by atoms with Gasteiger partial charge in [0.25, 0.3) is 11.5 Å². The highest BCUT2D eigenvalue weighted by atomic mass is 32.1. The van der Waals surface area contributed by atoms with E-state index in [1.54, 1.807) is 18.6 Å². The molecule has 25 heavy (non-hydrogen) atoms. The predicted octanol–water partition coefficient (Wildman–Crippen LogP) is 3.34. The molecule has 0 bridgehead atoms. The van der Waals surface area contributed by atoms with Crippen LogP contribution in [0.5, 0.6) is 0 Å². The second kappa shape index (κ2) is 5.86. The van der Waals surface area contributed by atoms with Crippen LogP contribution in [-0.2, 0) is 0 Å². The van der Waals surface area contributed by atoms with E-state index < -0.39 is 0 Å². The molecule has 0 fully saturated rings. The van der Waals surface area contributed by atoms with Gasteiger partial charge >= 0.3 is 0 Å². The van der Waals surface area contributed by atoms with Gasteiger partial charge in [0.2, 0.25) is 0 Å². The maximum absolute atomic E-state index is 12.8. The van der Waals surface area contributed by atoms with Gasteiger partial charge < -0.3 is 9.32 Å². The van der Waals surface area contributed by atoms with Crippen molar-refractivity contribution in [3.63, 3.8) is 0 Å². The standard InChI is InChI=1S/C18H15N3O3S/c1-11(15-9-12-5-3-4-6-14(12)24-15)20(2)16(22)13-10-19-18-21(17(13)23)7-8-25-18/h3-11H,1-2H3. The smallest absolute Gasteiger partial charge is 0.271 e. The van der Waals surface area contributed by atoms with Gasteiger partial charge in [-0.3, -0.25) is 14.0 Å². The van der Waals surface area contributed by atoms with Crippen LogP contribution in [0.2, 0.25) is 0 Å². The molecule has 0 aliphatic carbocycles. The number of aromatic nitrogens is 2. The van der Waals surface area contributed by atoms with Crippen molar-refractivity contribution < 1.29 is 9.21 Å². The zero-order valence-corrected chi connectivity index (χ0v) is 14.5. The third-order valence-corrected chi connectivity index (χ3v) is 5.10. The first-order valence-corrected chi connectivity index (χ1v) is 8.64. The van der Waals surface area contributed by atoms with Crippen LogP contribution in [0.3, 0.4) is 0 Å². The zero-order valence-electron chi connectivity index (χ0n) is 13.7. The lowest BCUT2D eigenvalue weighted by Gasteiger charge is -2.22. The van der Waals surface area contributed by atoms with Crippen LogP contribution in [0.1, 0.15) is 29.1 Å². The van der Waals surface area contributed by atoms with Crippen molar-refractivity contribution >= 4 is 33.2 Å². The lowest BCUT2D eigenvalue weighted by atomic mass is 10.2. The van der Waals surface area contributed by atoms with Crippen molar-refractivity contribution in [2.75, 3.05) is 7.05 Å². The number of para-hydroxylation sites is 1. The molecule has 1 atom stereocenters. The van der Waals surface area contributed by atoms with Crippen molar-refractivity contribution in [2.45, 2.75) is 13.0 Å². The Morgan fingerprint density at radius 3 is 2.96 bits per heavy atom. The number of rotatable bonds is 3. The summed E-state index contributed by atoms with van der Waals surface area (Å²) in [5, 5.41) is 2.74. The number of nitrogens with zero attached hydrogens (tertiary/aromatic N) is 3. The van der Waals surface area contributed by atoms with E-state index in [2.05, 4.69) is 4.98 Å². The van der Waals surface area contributed by atoms with Gasteiger partial charge in [0.15, 0.2) is 4.96 Å². The fourth-order valence-corrected chi connectivity index (χ4v) is 3.41. The molecule has 1 aromatic carbocycles. The molecule has 0 radical (unpaired) electrons. The number of thiazole rings is 1. The quantitative estimate of drug-likeness (QED) is 0.566. The summed E-state index contributed by atoms with van der Waals surface area (Å²) in [6.45, 7) is 1.86. The Morgan fingerprint density at radius 2 is 2.16 bits per heavy atom. The largest absolute Gasteiger partial charge is 0.459 e. The summed E-state index contributed by atoms with van der Waals surface area (Å²) in [5.41, 5.74) is 0.452. The van der Waals surface area contributed by atoms with Crippen LogP contribution < -0.4 is 5.56 Å². The minimum absolute atomic E-state index is 0.0429. The first-order valence-electron chi connectivity index (χ1n) is 7.77. The summed E-state index contributed by atoms with van der Waals surface area (Å²) >= 11 is 1.35. The van der Waals surface area contributed by atoms with E-state index in [1.165, 1.54) is 26.8 Å². The van der Waals surface area contributed by atoms with E-state index in [0.717, 1.165) is 11.0 Å². The number of hydrogen-bond donors (Lipinski definition) is 0. The topological polar surface area (TPSA) is 67.8 Å². The highest BCUT2D eigenvalue weighted by Gasteiger charge is 2.24. The summed E-state index contributed by atoms with van der Waals surface area (Å²) < 4.78 is 7.22. The monoisotopic (exact) mass is 353 g/mol. The summed E-state index contributed by atoms with van der Waals surface area (Å²) in [6.07, 6.45) is 2.97. The second-order valence-electron chi connectivity index (χ2n) is 5.81. The van der Waals surface area contributed by atoms with E-state index in [4.69, 9.17) is 4.42 Å². The van der Waals surface area contributed by atoms with Crippen molar-refractivity contribution in [1.29, 1.82) is 0 Å². The van der Waals surface area contributed by atoms with E-state index in [1.807, 2.05) is 37.3 Å². The Labute approximate surface area is 146 Å².